The van der Waals surface area contributed by atoms with Crippen LogP contribution >= 0.6 is 0 Å². The van der Waals surface area contributed by atoms with Gasteiger partial charge in [0.15, 0.2) is 5.69 Å². The highest BCUT2D eigenvalue weighted by Crippen LogP contribution is 2.28. The van der Waals surface area contributed by atoms with Crippen molar-refractivity contribution in [2.75, 3.05) is 7.11 Å². The van der Waals surface area contributed by atoms with Gasteiger partial charge in [-0.15, -0.1) is 0 Å². The van der Waals surface area contributed by atoms with Gasteiger partial charge < -0.3 is 19.4 Å². The van der Waals surface area contributed by atoms with Gasteiger partial charge in [0.25, 0.3) is 5.91 Å². The molecule has 6 heteroatoms. The lowest BCUT2D eigenvalue weighted by atomic mass is 10.1. The van der Waals surface area contributed by atoms with Crippen molar-refractivity contribution in [2.24, 2.45) is 0 Å². The van der Waals surface area contributed by atoms with Crippen LogP contribution in [0.25, 0.3) is 0 Å². The summed E-state index contributed by atoms with van der Waals surface area (Å²) >= 11 is 0. The number of nitrogens with zero attached hydrogens (tertiary/aromatic N) is 2. The van der Waals surface area contributed by atoms with Crippen molar-refractivity contribution in [2.45, 2.75) is 32.2 Å². The normalized spacial score (nSPS) is 16.9. The van der Waals surface area contributed by atoms with Gasteiger partial charge >= 0.3 is 0 Å². The first-order chi connectivity index (χ1) is 13.7. The lowest BCUT2D eigenvalue weighted by Crippen LogP contribution is -2.29. The van der Waals surface area contributed by atoms with E-state index in [1.54, 1.807) is 13.4 Å². The molecule has 6 nitrogen and oxygen atoms in total. The number of nitrogens with one attached hydrogen (secondary N) is 1. The minimum atomic E-state index is -0.196. The van der Waals surface area contributed by atoms with Gasteiger partial charge in [0.2, 0.25) is 0 Å². The van der Waals surface area contributed by atoms with E-state index < -0.39 is 0 Å². The van der Waals surface area contributed by atoms with Crippen LogP contribution in [0.4, 0.5) is 0 Å². The monoisotopic (exact) mass is 377 g/mol. The summed E-state index contributed by atoms with van der Waals surface area (Å²) in [5, 5.41) is 3.02. The van der Waals surface area contributed by atoms with E-state index in [1.807, 2.05) is 54.0 Å². The van der Waals surface area contributed by atoms with E-state index in [0.717, 1.165) is 22.6 Å². The number of ether oxygens (including phenoxy) is 2. The zero-order valence-electron chi connectivity index (χ0n) is 16.0. The van der Waals surface area contributed by atoms with Crippen molar-refractivity contribution in [1.29, 1.82) is 0 Å². The van der Waals surface area contributed by atoms with Crippen LogP contribution in [0, 0.1) is 0 Å². The number of rotatable bonds is 5. The van der Waals surface area contributed by atoms with Gasteiger partial charge in [0, 0.05) is 0 Å². The maximum absolute atomic E-state index is 12.8. The maximum atomic E-state index is 12.8. The van der Waals surface area contributed by atoms with Gasteiger partial charge in [-0.1, -0.05) is 42.5 Å². The van der Waals surface area contributed by atoms with E-state index in [-0.39, 0.29) is 18.1 Å². The molecule has 1 amide bonds. The van der Waals surface area contributed by atoms with Crippen LogP contribution in [-0.2, 0) is 17.9 Å². The summed E-state index contributed by atoms with van der Waals surface area (Å²) in [5.41, 5.74) is 3.36. The van der Waals surface area contributed by atoms with Crippen LogP contribution < -0.4 is 10.1 Å². The largest absolute Gasteiger partial charge is 0.497 e. The number of amides is 1. The fourth-order valence-corrected chi connectivity index (χ4v) is 3.43. The first-order valence-corrected chi connectivity index (χ1v) is 9.31. The molecule has 2 aromatic carbocycles. The zero-order valence-corrected chi connectivity index (χ0v) is 16.0. The number of methoxy groups -OCH3 is 1. The van der Waals surface area contributed by atoms with E-state index >= 15 is 0 Å². The van der Waals surface area contributed by atoms with Crippen LogP contribution in [0.2, 0.25) is 0 Å². The Morgan fingerprint density at radius 2 is 1.96 bits per heavy atom. The van der Waals surface area contributed by atoms with Gasteiger partial charge in [0.1, 0.15) is 11.9 Å². The molecular weight excluding hydrogens is 354 g/mol. The first kappa shape index (κ1) is 18.3. The molecule has 1 aromatic heterocycles. The minimum Gasteiger partial charge on any atom is -0.497 e. The van der Waals surface area contributed by atoms with E-state index in [9.17, 15) is 4.79 Å². The second-order valence-electron chi connectivity index (χ2n) is 6.87. The highest BCUT2D eigenvalue weighted by Gasteiger charge is 2.26. The standard InChI is InChI=1S/C22H23N3O3/c1-15(16-8-10-18(27-2)11-9-16)24-22(26)21-19-13-28-20(12-25(19)14-23-21)17-6-4-3-5-7-17/h3-11,14-15,20H,12-13H2,1-2H3,(H,24,26)/t15-,20+/m0/s1. The Labute approximate surface area is 164 Å². The Hall–Kier alpha value is -3.12. The summed E-state index contributed by atoms with van der Waals surface area (Å²) in [6.07, 6.45) is 1.69. The predicted molar refractivity (Wildman–Crippen MR) is 105 cm³/mol. The molecule has 144 valence electrons. The molecule has 1 N–H and O–H groups in total. The number of hydrogen-bond acceptors (Lipinski definition) is 4. The molecular formula is C22H23N3O3. The Morgan fingerprint density at radius 1 is 1.21 bits per heavy atom. The molecule has 0 bridgehead atoms. The molecule has 28 heavy (non-hydrogen) atoms. The minimum absolute atomic E-state index is 0.0305. The molecule has 0 fully saturated rings. The second-order valence-corrected chi connectivity index (χ2v) is 6.87. The van der Waals surface area contributed by atoms with E-state index in [0.29, 0.717) is 18.8 Å². The lowest BCUT2D eigenvalue weighted by molar-refractivity contribution is 0.00256. The molecule has 0 saturated heterocycles. The summed E-state index contributed by atoms with van der Waals surface area (Å²) < 4.78 is 13.2. The molecule has 3 aromatic rings. The molecule has 4 rings (SSSR count). The van der Waals surface area contributed by atoms with E-state index in [4.69, 9.17) is 9.47 Å². The fourth-order valence-electron chi connectivity index (χ4n) is 3.43. The number of aromatic nitrogens is 2. The van der Waals surface area contributed by atoms with Crippen LogP contribution in [-0.4, -0.2) is 22.6 Å². The van der Waals surface area contributed by atoms with E-state index in [2.05, 4.69) is 22.4 Å². The van der Waals surface area contributed by atoms with Gasteiger partial charge in [-0.05, 0) is 30.2 Å². The molecule has 1 aliphatic heterocycles. The van der Waals surface area contributed by atoms with Crippen molar-refractivity contribution >= 4 is 5.91 Å². The number of fused-ring (bicyclic) bond motifs is 1. The highest BCUT2D eigenvalue weighted by molar-refractivity contribution is 5.93. The van der Waals surface area contributed by atoms with E-state index in [1.165, 1.54) is 0 Å². The van der Waals surface area contributed by atoms with Gasteiger partial charge in [-0.2, -0.15) is 0 Å². The third-order valence-corrected chi connectivity index (χ3v) is 5.08. The van der Waals surface area contributed by atoms with Crippen molar-refractivity contribution in [3.8, 4) is 5.75 Å². The number of carbonyl (C=O) groups is 1. The summed E-state index contributed by atoms with van der Waals surface area (Å²) in [6.45, 7) is 2.96. The third-order valence-electron chi connectivity index (χ3n) is 5.08. The Balaban J connectivity index is 1.45. The SMILES string of the molecule is COc1ccc([C@H](C)NC(=O)c2ncn3c2CO[C@@H](c2ccccc2)C3)cc1. The average Bonchev–Trinajstić information content (AvgIpc) is 3.18. The maximum Gasteiger partial charge on any atom is 0.272 e. The number of hydrogen-bond donors (Lipinski definition) is 1. The summed E-state index contributed by atoms with van der Waals surface area (Å²) in [6, 6.07) is 17.6. The Morgan fingerprint density at radius 3 is 2.68 bits per heavy atom. The second kappa shape index (κ2) is 7.86. The number of carbonyl (C=O) groups excluding carboxylic acids is 1. The molecule has 0 radical (unpaired) electrons. The topological polar surface area (TPSA) is 65.4 Å². The molecule has 2 atom stereocenters. The highest BCUT2D eigenvalue weighted by atomic mass is 16.5. The molecule has 0 saturated carbocycles. The predicted octanol–water partition coefficient (Wildman–Crippen LogP) is 3.65. The van der Waals surface area contributed by atoms with Crippen molar-refractivity contribution < 1.29 is 14.3 Å². The zero-order chi connectivity index (χ0) is 19.5. The van der Waals surface area contributed by atoms with Crippen molar-refractivity contribution in [3.63, 3.8) is 0 Å². The smallest absolute Gasteiger partial charge is 0.272 e. The Kier molecular flexibility index (Phi) is 5.12. The molecule has 0 unspecified atom stereocenters. The number of imidazole rings is 1. The van der Waals surface area contributed by atoms with Gasteiger partial charge in [-0.3, -0.25) is 4.79 Å². The lowest BCUT2D eigenvalue weighted by Gasteiger charge is -2.25. The number of benzene rings is 2. The van der Waals surface area contributed by atoms with Crippen LogP contribution in [0.1, 0.15) is 46.4 Å². The fraction of sp³-hybridized carbons (Fsp3) is 0.273. The summed E-state index contributed by atoms with van der Waals surface area (Å²) in [4.78, 5) is 17.1. The van der Waals surface area contributed by atoms with Gasteiger partial charge in [0.05, 0.1) is 38.3 Å². The third kappa shape index (κ3) is 3.64. The molecule has 0 aliphatic carbocycles. The van der Waals surface area contributed by atoms with Crippen LogP contribution in [0.5, 0.6) is 5.75 Å². The van der Waals surface area contributed by atoms with Crippen LogP contribution in [0.15, 0.2) is 60.9 Å². The molecule has 0 spiro atoms. The summed E-state index contributed by atoms with van der Waals surface area (Å²) in [5.74, 6) is 0.592. The van der Waals surface area contributed by atoms with Crippen molar-refractivity contribution in [1.82, 2.24) is 14.9 Å². The molecule has 2 heterocycles. The molecule has 1 aliphatic rings. The average molecular weight is 377 g/mol. The van der Waals surface area contributed by atoms with Crippen molar-refractivity contribution in [3.05, 3.63) is 83.4 Å². The van der Waals surface area contributed by atoms with Gasteiger partial charge in [-0.25, -0.2) is 4.98 Å². The Bertz CT molecular complexity index is 951. The quantitative estimate of drug-likeness (QED) is 0.737. The van der Waals surface area contributed by atoms with Crippen LogP contribution in [0.3, 0.4) is 0 Å². The first-order valence-electron chi connectivity index (χ1n) is 9.31. The summed E-state index contributed by atoms with van der Waals surface area (Å²) in [7, 11) is 1.63.